The van der Waals surface area contributed by atoms with Gasteiger partial charge in [0.25, 0.3) is 5.91 Å². The van der Waals surface area contributed by atoms with E-state index in [9.17, 15) is 4.79 Å². The minimum atomic E-state index is 0.105. The predicted octanol–water partition coefficient (Wildman–Crippen LogP) is 2.50. The van der Waals surface area contributed by atoms with E-state index in [2.05, 4.69) is 19.1 Å². The number of amides is 1. The van der Waals surface area contributed by atoms with Crippen molar-refractivity contribution in [2.45, 2.75) is 19.4 Å². The summed E-state index contributed by atoms with van der Waals surface area (Å²) in [7, 11) is 1.96. The van der Waals surface area contributed by atoms with E-state index >= 15 is 0 Å². The van der Waals surface area contributed by atoms with Crippen LogP contribution in [0.3, 0.4) is 0 Å². The van der Waals surface area contributed by atoms with Gasteiger partial charge in [-0.05, 0) is 43.5 Å². The van der Waals surface area contributed by atoms with Gasteiger partial charge < -0.3 is 15.2 Å². The van der Waals surface area contributed by atoms with Crippen LogP contribution in [0, 0.1) is 5.92 Å². The van der Waals surface area contributed by atoms with Crippen molar-refractivity contribution in [3.05, 3.63) is 48.2 Å². The zero-order chi connectivity index (χ0) is 15.7. The molecule has 0 spiro atoms. The molecular formula is C18H23N3O. The number of hydrogen-bond donors (Lipinski definition) is 1. The smallest absolute Gasteiger partial charge is 0.270 e. The monoisotopic (exact) mass is 297 g/mol. The normalized spacial score (nSPS) is 21.3. The van der Waals surface area contributed by atoms with E-state index in [0.29, 0.717) is 12.5 Å². The van der Waals surface area contributed by atoms with E-state index < -0.39 is 0 Å². The van der Waals surface area contributed by atoms with Gasteiger partial charge in [-0.3, -0.25) is 4.79 Å². The predicted molar refractivity (Wildman–Crippen MR) is 88.5 cm³/mol. The van der Waals surface area contributed by atoms with Crippen LogP contribution >= 0.6 is 0 Å². The SMILES string of the molecule is CC1CC(CN)CN1C(=O)c1ccc(-c2ccccc2)n1C. The Labute approximate surface area is 131 Å². The van der Waals surface area contributed by atoms with E-state index in [1.165, 1.54) is 0 Å². The van der Waals surface area contributed by atoms with Gasteiger partial charge in [0, 0.05) is 25.3 Å². The number of carbonyl (C=O) groups excluding carboxylic acids is 1. The highest BCUT2D eigenvalue weighted by molar-refractivity contribution is 5.94. The van der Waals surface area contributed by atoms with E-state index in [-0.39, 0.29) is 11.9 Å². The maximum Gasteiger partial charge on any atom is 0.270 e. The van der Waals surface area contributed by atoms with Gasteiger partial charge in [-0.25, -0.2) is 0 Å². The van der Waals surface area contributed by atoms with Crippen LogP contribution in [0.4, 0.5) is 0 Å². The molecule has 1 saturated heterocycles. The molecule has 1 aliphatic rings. The molecule has 1 aromatic heterocycles. The summed E-state index contributed by atoms with van der Waals surface area (Å²) in [6.45, 7) is 3.52. The first-order chi connectivity index (χ1) is 10.6. The van der Waals surface area contributed by atoms with Crippen LogP contribution in [0.25, 0.3) is 11.3 Å². The van der Waals surface area contributed by atoms with Crippen molar-refractivity contribution in [3.63, 3.8) is 0 Å². The number of benzene rings is 1. The molecule has 2 unspecified atom stereocenters. The quantitative estimate of drug-likeness (QED) is 0.946. The second kappa shape index (κ2) is 5.97. The Morgan fingerprint density at radius 2 is 1.95 bits per heavy atom. The van der Waals surface area contributed by atoms with Crippen molar-refractivity contribution in [1.82, 2.24) is 9.47 Å². The van der Waals surface area contributed by atoms with Crippen molar-refractivity contribution < 1.29 is 4.79 Å². The number of likely N-dealkylation sites (tertiary alicyclic amines) is 1. The number of nitrogens with two attached hydrogens (primary N) is 1. The Kier molecular flexibility index (Phi) is 4.03. The first kappa shape index (κ1) is 14.9. The van der Waals surface area contributed by atoms with Crippen LogP contribution in [0.2, 0.25) is 0 Å². The second-order valence-electron chi connectivity index (χ2n) is 6.17. The molecule has 3 rings (SSSR count). The minimum Gasteiger partial charge on any atom is -0.340 e. The largest absolute Gasteiger partial charge is 0.340 e. The number of nitrogens with zero attached hydrogens (tertiary/aromatic N) is 2. The average molecular weight is 297 g/mol. The molecule has 0 radical (unpaired) electrons. The Hall–Kier alpha value is -2.07. The van der Waals surface area contributed by atoms with Crippen molar-refractivity contribution >= 4 is 5.91 Å². The molecule has 1 aliphatic heterocycles. The van der Waals surface area contributed by atoms with Crippen LogP contribution in [-0.4, -0.2) is 34.5 Å². The number of aromatic nitrogens is 1. The van der Waals surface area contributed by atoms with Crippen LogP contribution in [0.5, 0.6) is 0 Å². The molecule has 4 heteroatoms. The third kappa shape index (κ3) is 2.55. The highest BCUT2D eigenvalue weighted by Crippen LogP contribution is 2.26. The third-order valence-electron chi connectivity index (χ3n) is 4.67. The van der Waals surface area contributed by atoms with Gasteiger partial charge in [-0.2, -0.15) is 0 Å². The van der Waals surface area contributed by atoms with Crippen molar-refractivity contribution in [1.29, 1.82) is 0 Å². The van der Waals surface area contributed by atoms with Gasteiger partial charge in [0.2, 0.25) is 0 Å². The Morgan fingerprint density at radius 3 is 2.59 bits per heavy atom. The van der Waals surface area contributed by atoms with Gasteiger partial charge in [-0.15, -0.1) is 0 Å². The standard InChI is InChI=1S/C18H23N3O/c1-13-10-14(11-19)12-21(13)18(22)17-9-8-16(20(17)2)15-6-4-3-5-7-15/h3-9,13-14H,10-12,19H2,1-2H3. The highest BCUT2D eigenvalue weighted by atomic mass is 16.2. The summed E-state index contributed by atoms with van der Waals surface area (Å²) in [4.78, 5) is 14.8. The Bertz CT molecular complexity index is 662. The molecule has 1 fully saturated rings. The average Bonchev–Trinajstić information content (AvgIpc) is 3.10. The lowest BCUT2D eigenvalue weighted by atomic mass is 10.1. The van der Waals surface area contributed by atoms with Crippen LogP contribution in [-0.2, 0) is 7.05 Å². The van der Waals surface area contributed by atoms with Crippen LogP contribution < -0.4 is 5.73 Å². The van der Waals surface area contributed by atoms with Gasteiger partial charge in [0.1, 0.15) is 5.69 Å². The summed E-state index contributed by atoms with van der Waals surface area (Å²) in [5, 5.41) is 0. The molecule has 0 aliphatic carbocycles. The van der Waals surface area contributed by atoms with E-state index in [4.69, 9.17) is 5.73 Å². The van der Waals surface area contributed by atoms with E-state index in [0.717, 1.165) is 29.9 Å². The fourth-order valence-corrected chi connectivity index (χ4v) is 3.37. The Morgan fingerprint density at radius 1 is 1.23 bits per heavy atom. The van der Waals surface area contributed by atoms with Crippen LogP contribution in [0.1, 0.15) is 23.8 Å². The highest BCUT2D eigenvalue weighted by Gasteiger charge is 2.33. The third-order valence-corrected chi connectivity index (χ3v) is 4.67. The fraction of sp³-hybridized carbons (Fsp3) is 0.389. The lowest BCUT2D eigenvalue weighted by Gasteiger charge is -2.22. The van der Waals surface area contributed by atoms with Gasteiger partial charge >= 0.3 is 0 Å². The van der Waals surface area contributed by atoms with E-state index in [1.54, 1.807) is 0 Å². The number of rotatable bonds is 3. The van der Waals surface area contributed by atoms with Crippen molar-refractivity contribution in [2.75, 3.05) is 13.1 Å². The van der Waals surface area contributed by atoms with Crippen molar-refractivity contribution in [3.8, 4) is 11.3 Å². The molecule has 0 bridgehead atoms. The second-order valence-corrected chi connectivity index (χ2v) is 6.17. The molecule has 116 valence electrons. The van der Waals surface area contributed by atoms with E-state index in [1.807, 2.05) is 46.8 Å². The summed E-state index contributed by atoms with van der Waals surface area (Å²) < 4.78 is 1.99. The molecule has 22 heavy (non-hydrogen) atoms. The topological polar surface area (TPSA) is 51.3 Å². The summed E-state index contributed by atoms with van der Waals surface area (Å²) >= 11 is 0. The number of carbonyl (C=O) groups is 1. The number of hydrogen-bond acceptors (Lipinski definition) is 2. The molecule has 2 N–H and O–H groups in total. The van der Waals surface area contributed by atoms with Gasteiger partial charge in [0.05, 0.1) is 0 Å². The summed E-state index contributed by atoms with van der Waals surface area (Å²) in [6, 6.07) is 14.3. The maximum atomic E-state index is 12.8. The molecule has 4 nitrogen and oxygen atoms in total. The molecule has 0 saturated carbocycles. The van der Waals surface area contributed by atoms with Gasteiger partial charge in [0.15, 0.2) is 0 Å². The first-order valence-corrected chi connectivity index (χ1v) is 7.84. The lowest BCUT2D eigenvalue weighted by molar-refractivity contribution is 0.0734. The Balaban J connectivity index is 1.87. The molecule has 1 amide bonds. The first-order valence-electron chi connectivity index (χ1n) is 7.84. The van der Waals surface area contributed by atoms with Crippen molar-refractivity contribution in [2.24, 2.45) is 18.7 Å². The van der Waals surface area contributed by atoms with Gasteiger partial charge in [-0.1, -0.05) is 30.3 Å². The zero-order valence-corrected chi connectivity index (χ0v) is 13.2. The van der Waals surface area contributed by atoms with Crippen LogP contribution in [0.15, 0.2) is 42.5 Å². The molecule has 2 heterocycles. The fourth-order valence-electron chi connectivity index (χ4n) is 3.37. The molecule has 2 aromatic rings. The summed E-state index contributed by atoms with van der Waals surface area (Å²) in [6.07, 6.45) is 0.998. The summed E-state index contributed by atoms with van der Waals surface area (Å²) in [5.41, 5.74) is 8.69. The molecule has 2 atom stereocenters. The summed E-state index contributed by atoms with van der Waals surface area (Å²) in [5.74, 6) is 0.529. The molecule has 1 aromatic carbocycles. The minimum absolute atomic E-state index is 0.105. The maximum absolute atomic E-state index is 12.8. The lowest BCUT2D eigenvalue weighted by Crippen LogP contribution is -2.35. The zero-order valence-electron chi connectivity index (χ0n) is 13.2. The molecular weight excluding hydrogens is 274 g/mol.